The minimum Gasteiger partial charge on any atom is -0.502 e. The van der Waals surface area contributed by atoms with Gasteiger partial charge in [0, 0.05) is 12.2 Å². The molecule has 0 amide bonds. The molecule has 0 aliphatic carbocycles. The van der Waals surface area contributed by atoms with Crippen LogP contribution in [0.2, 0.25) is 0 Å². The Balaban J connectivity index is 5.09. The van der Waals surface area contributed by atoms with Crippen LogP contribution in [0.3, 0.4) is 0 Å². The van der Waals surface area contributed by atoms with Crippen molar-refractivity contribution >= 4 is 17.9 Å². The molecule has 0 aromatic heterocycles. The van der Waals surface area contributed by atoms with Crippen molar-refractivity contribution in [1.82, 2.24) is 0 Å². The van der Waals surface area contributed by atoms with Gasteiger partial charge in [0.1, 0.15) is 0 Å². The minimum absolute atomic E-state index is 0.432. The average Bonchev–Trinajstić information content (AvgIpc) is 2.15. The largest absolute Gasteiger partial charge is 0.502 e. The fourth-order valence-corrected chi connectivity index (χ4v) is 0.560. The average molecular weight is 216 g/mol. The number of aliphatic carboxylic acids is 2. The van der Waals surface area contributed by atoms with E-state index >= 15 is 0 Å². The summed E-state index contributed by atoms with van der Waals surface area (Å²) in [6, 6.07) is 0. The summed E-state index contributed by atoms with van der Waals surface area (Å²) < 4.78 is 4.14. The second kappa shape index (κ2) is 5.43. The molecule has 15 heavy (non-hydrogen) atoms. The molecule has 82 valence electrons. The summed E-state index contributed by atoms with van der Waals surface area (Å²) in [5, 5.41) is 25.5. The Morgan fingerprint density at radius 3 is 1.87 bits per heavy atom. The molecule has 0 radical (unpaired) electrons. The van der Waals surface area contributed by atoms with E-state index in [1.165, 1.54) is 0 Å². The maximum Gasteiger partial charge on any atom is 0.370 e. The summed E-state index contributed by atoms with van der Waals surface area (Å²) in [6.45, 7) is 0. The van der Waals surface area contributed by atoms with Gasteiger partial charge in [-0.3, -0.25) is 0 Å². The molecule has 0 aliphatic rings. The van der Waals surface area contributed by atoms with E-state index in [1.54, 1.807) is 0 Å². The molecule has 0 aromatic rings. The highest BCUT2D eigenvalue weighted by Gasteiger charge is 2.12. The van der Waals surface area contributed by atoms with E-state index in [0.717, 1.165) is 7.11 Å². The van der Waals surface area contributed by atoms with E-state index in [9.17, 15) is 14.4 Å². The van der Waals surface area contributed by atoms with E-state index in [0.29, 0.717) is 12.2 Å². The van der Waals surface area contributed by atoms with Gasteiger partial charge in [0.15, 0.2) is 0 Å². The van der Waals surface area contributed by atoms with Crippen molar-refractivity contribution in [2.45, 2.75) is 0 Å². The standard InChI is InChI=1S/C8H8O7/c1-15-6(10)3-4(7(11)12)2-5(9)8(13)14/h2-3,9H,1H3,(H,11,12)(H,13,14)/b4-3+,5-2-. The van der Waals surface area contributed by atoms with Crippen LogP contribution < -0.4 is 0 Å². The van der Waals surface area contributed by atoms with Gasteiger partial charge in [0.25, 0.3) is 0 Å². The summed E-state index contributed by atoms with van der Waals surface area (Å²) in [7, 11) is 1.03. The predicted octanol–water partition coefficient (Wildman–Crippen LogP) is -0.303. The number of carbonyl (C=O) groups excluding carboxylic acids is 1. The van der Waals surface area contributed by atoms with Crippen LogP contribution in [0.15, 0.2) is 23.5 Å². The normalized spacial score (nSPS) is 12.1. The van der Waals surface area contributed by atoms with Crippen molar-refractivity contribution in [1.29, 1.82) is 0 Å². The first-order valence-electron chi connectivity index (χ1n) is 3.55. The second-order valence-electron chi connectivity index (χ2n) is 2.26. The van der Waals surface area contributed by atoms with E-state index in [-0.39, 0.29) is 0 Å². The van der Waals surface area contributed by atoms with Crippen molar-refractivity contribution in [2.75, 3.05) is 7.11 Å². The number of carbonyl (C=O) groups is 3. The summed E-state index contributed by atoms with van der Waals surface area (Å²) >= 11 is 0. The Morgan fingerprint density at radius 2 is 1.53 bits per heavy atom. The number of ether oxygens (including phenoxy) is 1. The van der Waals surface area contributed by atoms with Crippen LogP contribution in [0.5, 0.6) is 0 Å². The van der Waals surface area contributed by atoms with Crippen molar-refractivity contribution in [3.63, 3.8) is 0 Å². The highest BCUT2D eigenvalue weighted by Crippen LogP contribution is 2.02. The molecular formula is C8H8O7. The fourth-order valence-electron chi connectivity index (χ4n) is 0.560. The molecule has 0 atom stereocenters. The number of hydrogen-bond donors (Lipinski definition) is 3. The van der Waals surface area contributed by atoms with E-state index < -0.39 is 29.2 Å². The Labute approximate surface area is 83.9 Å². The summed E-state index contributed by atoms with van der Waals surface area (Å²) in [5.74, 6) is -5.42. The van der Waals surface area contributed by atoms with Crippen molar-refractivity contribution in [3.05, 3.63) is 23.5 Å². The molecular weight excluding hydrogens is 208 g/mol. The maximum atomic E-state index is 10.7. The number of aliphatic hydroxyl groups is 1. The number of carboxylic acids is 2. The summed E-state index contributed by atoms with van der Waals surface area (Å²) in [6.07, 6.45) is 0.975. The molecule has 7 heteroatoms. The van der Waals surface area contributed by atoms with Gasteiger partial charge in [-0.1, -0.05) is 0 Å². The Bertz CT molecular complexity index is 350. The number of esters is 1. The first-order chi connectivity index (χ1) is 6.88. The zero-order valence-corrected chi connectivity index (χ0v) is 7.63. The van der Waals surface area contributed by atoms with Crippen LogP contribution >= 0.6 is 0 Å². The van der Waals surface area contributed by atoms with Gasteiger partial charge in [-0.15, -0.1) is 0 Å². The molecule has 0 aromatic carbocycles. The van der Waals surface area contributed by atoms with Crippen LogP contribution in [0.4, 0.5) is 0 Å². The Morgan fingerprint density at radius 1 is 1.00 bits per heavy atom. The third-order valence-corrected chi connectivity index (χ3v) is 1.23. The zero-order chi connectivity index (χ0) is 12.0. The van der Waals surface area contributed by atoms with Gasteiger partial charge < -0.3 is 20.1 Å². The predicted molar refractivity (Wildman–Crippen MR) is 46.1 cm³/mol. The third-order valence-electron chi connectivity index (χ3n) is 1.23. The highest BCUT2D eigenvalue weighted by molar-refractivity contribution is 5.99. The van der Waals surface area contributed by atoms with Crippen molar-refractivity contribution in [3.8, 4) is 0 Å². The number of rotatable bonds is 4. The lowest BCUT2D eigenvalue weighted by molar-refractivity contribution is -0.137. The van der Waals surface area contributed by atoms with Crippen LogP contribution in [-0.4, -0.2) is 40.3 Å². The lowest BCUT2D eigenvalue weighted by Crippen LogP contribution is -2.07. The van der Waals surface area contributed by atoms with Crippen LogP contribution in [0, 0.1) is 0 Å². The van der Waals surface area contributed by atoms with E-state index in [2.05, 4.69) is 4.74 Å². The van der Waals surface area contributed by atoms with Gasteiger partial charge in [0.2, 0.25) is 5.76 Å². The molecule has 0 unspecified atom stereocenters. The quantitative estimate of drug-likeness (QED) is 0.255. The van der Waals surface area contributed by atoms with Gasteiger partial charge in [-0.05, 0) is 0 Å². The molecule has 0 fully saturated rings. The van der Waals surface area contributed by atoms with Gasteiger partial charge in [0.05, 0.1) is 12.7 Å². The molecule has 0 bridgehead atoms. The Kier molecular flexibility index (Phi) is 4.59. The Hall–Kier alpha value is -2.31. The fraction of sp³-hybridized carbons (Fsp3) is 0.125. The number of methoxy groups -OCH3 is 1. The van der Waals surface area contributed by atoms with E-state index in [4.69, 9.17) is 15.3 Å². The van der Waals surface area contributed by atoms with Crippen LogP contribution in [-0.2, 0) is 19.1 Å². The molecule has 0 saturated heterocycles. The molecule has 3 N–H and O–H groups in total. The molecule has 0 aliphatic heterocycles. The molecule has 0 heterocycles. The number of hydrogen-bond acceptors (Lipinski definition) is 5. The van der Waals surface area contributed by atoms with Gasteiger partial charge in [-0.25, -0.2) is 14.4 Å². The summed E-state index contributed by atoms with van der Waals surface area (Å²) in [5.41, 5.74) is -0.693. The first kappa shape index (κ1) is 12.7. The summed E-state index contributed by atoms with van der Waals surface area (Å²) in [4.78, 5) is 31.3. The molecule has 0 saturated carbocycles. The molecule has 0 spiro atoms. The minimum atomic E-state index is -1.70. The molecule has 7 nitrogen and oxygen atoms in total. The SMILES string of the molecule is COC(=O)/C=C(\C=C(/O)C(=O)O)C(=O)O. The maximum absolute atomic E-state index is 10.7. The highest BCUT2D eigenvalue weighted by atomic mass is 16.5. The van der Waals surface area contributed by atoms with Crippen molar-refractivity contribution < 1.29 is 34.4 Å². The second-order valence-corrected chi connectivity index (χ2v) is 2.26. The van der Waals surface area contributed by atoms with Gasteiger partial charge >= 0.3 is 17.9 Å². The zero-order valence-electron chi connectivity index (χ0n) is 7.63. The third kappa shape index (κ3) is 4.46. The lowest BCUT2D eigenvalue weighted by atomic mass is 10.2. The number of aliphatic hydroxyl groups excluding tert-OH is 1. The van der Waals surface area contributed by atoms with Gasteiger partial charge in [-0.2, -0.15) is 0 Å². The van der Waals surface area contributed by atoms with Crippen LogP contribution in [0.25, 0.3) is 0 Å². The van der Waals surface area contributed by atoms with E-state index in [1.807, 2.05) is 0 Å². The lowest BCUT2D eigenvalue weighted by Gasteiger charge is -1.96. The number of carboxylic acid groups (broad SMARTS) is 2. The monoisotopic (exact) mass is 216 g/mol. The first-order valence-corrected chi connectivity index (χ1v) is 3.55. The topological polar surface area (TPSA) is 121 Å². The van der Waals surface area contributed by atoms with Crippen LogP contribution in [0.1, 0.15) is 0 Å². The van der Waals surface area contributed by atoms with Crippen molar-refractivity contribution in [2.24, 2.45) is 0 Å². The smallest absolute Gasteiger partial charge is 0.370 e. The molecule has 0 rings (SSSR count).